The highest BCUT2D eigenvalue weighted by Gasteiger charge is 2.31. The minimum absolute atomic E-state index is 0.0478. The molecule has 1 atom stereocenters. The molecule has 39 heavy (non-hydrogen) atoms. The number of nitrogens with one attached hydrogen (secondary N) is 1. The summed E-state index contributed by atoms with van der Waals surface area (Å²) in [5.74, 6) is 1.17. The predicted molar refractivity (Wildman–Crippen MR) is 154 cm³/mol. The molecule has 1 N–H and O–H groups in total. The standard InChI is InChI=1S/C33H40N2O4/c1-38-30-20-18-26(23-31(30)39-2)19-21-32(36)35(24-27-14-8-4-9-15-27)29(22-25-12-6-3-7-13-25)33(37)34-28-16-10-5-11-17-28/h3-4,6-9,12-15,18,20,23,28-29H,5,10-11,16-17,19,21-22,24H2,1-2H3,(H,34,37)/t29-/m1/s1. The van der Waals surface area contributed by atoms with Crippen LogP contribution in [0.25, 0.3) is 0 Å². The van der Waals surface area contributed by atoms with Gasteiger partial charge in [0, 0.05) is 25.4 Å². The van der Waals surface area contributed by atoms with E-state index in [4.69, 9.17) is 9.47 Å². The third-order valence-electron chi connectivity index (χ3n) is 7.49. The quantitative estimate of drug-likeness (QED) is 0.326. The molecule has 0 spiro atoms. The molecule has 1 fully saturated rings. The summed E-state index contributed by atoms with van der Waals surface area (Å²) in [4.78, 5) is 29.5. The largest absolute Gasteiger partial charge is 0.493 e. The van der Waals surface area contributed by atoms with Crippen LogP contribution < -0.4 is 14.8 Å². The Hall–Kier alpha value is -3.80. The van der Waals surface area contributed by atoms with Crippen molar-refractivity contribution in [3.63, 3.8) is 0 Å². The van der Waals surface area contributed by atoms with Crippen LogP contribution in [0.5, 0.6) is 11.5 Å². The fraction of sp³-hybridized carbons (Fsp3) is 0.394. The van der Waals surface area contributed by atoms with Gasteiger partial charge >= 0.3 is 0 Å². The Bertz CT molecular complexity index is 1190. The van der Waals surface area contributed by atoms with Crippen LogP contribution in [0.2, 0.25) is 0 Å². The van der Waals surface area contributed by atoms with Crippen molar-refractivity contribution >= 4 is 11.8 Å². The third-order valence-corrected chi connectivity index (χ3v) is 7.49. The van der Waals surface area contributed by atoms with Gasteiger partial charge in [-0.05, 0) is 48.1 Å². The number of nitrogens with zero attached hydrogens (tertiary/aromatic N) is 1. The first kappa shape index (κ1) is 28.2. The molecule has 1 aliphatic carbocycles. The van der Waals surface area contributed by atoms with Gasteiger partial charge in [-0.1, -0.05) is 86.0 Å². The Kier molecular flexibility index (Phi) is 10.4. The molecule has 0 unspecified atom stereocenters. The first-order chi connectivity index (χ1) is 19.1. The summed E-state index contributed by atoms with van der Waals surface area (Å²) < 4.78 is 10.8. The molecule has 4 rings (SSSR count). The molecule has 0 aromatic heterocycles. The number of carbonyl (C=O) groups excluding carboxylic acids is 2. The van der Waals surface area contributed by atoms with Crippen molar-refractivity contribution in [1.29, 1.82) is 0 Å². The minimum Gasteiger partial charge on any atom is -0.493 e. The highest BCUT2D eigenvalue weighted by Crippen LogP contribution is 2.28. The SMILES string of the molecule is COc1ccc(CCC(=O)N(Cc2ccccc2)[C@H](Cc2ccccc2)C(=O)NC2CCCCC2)cc1OC. The lowest BCUT2D eigenvalue weighted by Crippen LogP contribution is -2.52. The second-order valence-electron chi connectivity index (χ2n) is 10.2. The maximum Gasteiger partial charge on any atom is 0.243 e. The number of amides is 2. The second kappa shape index (κ2) is 14.4. The number of carbonyl (C=O) groups is 2. The van der Waals surface area contributed by atoms with Crippen LogP contribution in [0.1, 0.15) is 55.2 Å². The predicted octanol–water partition coefficient (Wildman–Crippen LogP) is 5.73. The molecule has 1 aliphatic rings. The number of ether oxygens (including phenoxy) is 2. The van der Waals surface area contributed by atoms with Crippen molar-refractivity contribution in [3.05, 3.63) is 95.6 Å². The van der Waals surface area contributed by atoms with Gasteiger partial charge in [0.2, 0.25) is 11.8 Å². The minimum atomic E-state index is -0.604. The van der Waals surface area contributed by atoms with Crippen molar-refractivity contribution in [3.8, 4) is 11.5 Å². The summed E-state index contributed by atoms with van der Waals surface area (Å²) in [6, 6.07) is 25.2. The van der Waals surface area contributed by atoms with E-state index >= 15 is 0 Å². The van der Waals surface area contributed by atoms with Gasteiger partial charge in [0.25, 0.3) is 0 Å². The van der Waals surface area contributed by atoms with E-state index in [2.05, 4.69) is 5.32 Å². The molecule has 0 aliphatic heterocycles. The lowest BCUT2D eigenvalue weighted by molar-refractivity contribution is -0.141. The molecule has 6 nitrogen and oxygen atoms in total. The van der Waals surface area contributed by atoms with Crippen LogP contribution in [0.4, 0.5) is 0 Å². The van der Waals surface area contributed by atoms with E-state index in [1.54, 1.807) is 19.1 Å². The van der Waals surface area contributed by atoms with Gasteiger partial charge in [0.1, 0.15) is 6.04 Å². The number of hydrogen-bond acceptors (Lipinski definition) is 4. The molecule has 0 radical (unpaired) electrons. The monoisotopic (exact) mass is 528 g/mol. The first-order valence-corrected chi connectivity index (χ1v) is 14.0. The smallest absolute Gasteiger partial charge is 0.243 e. The average Bonchev–Trinajstić information content (AvgIpc) is 2.99. The van der Waals surface area contributed by atoms with Gasteiger partial charge in [-0.25, -0.2) is 0 Å². The average molecular weight is 529 g/mol. The van der Waals surface area contributed by atoms with Crippen molar-refractivity contribution < 1.29 is 19.1 Å². The Morgan fingerprint density at radius 2 is 1.46 bits per heavy atom. The molecular weight excluding hydrogens is 488 g/mol. The summed E-state index contributed by atoms with van der Waals surface area (Å²) in [6.07, 6.45) is 6.75. The molecule has 6 heteroatoms. The maximum absolute atomic E-state index is 13.9. The Balaban J connectivity index is 1.59. The second-order valence-corrected chi connectivity index (χ2v) is 10.2. The molecule has 206 valence electrons. The van der Waals surface area contributed by atoms with E-state index < -0.39 is 6.04 Å². The molecular formula is C33H40N2O4. The van der Waals surface area contributed by atoms with Crippen LogP contribution in [-0.4, -0.2) is 43.0 Å². The lowest BCUT2D eigenvalue weighted by Gasteiger charge is -2.33. The van der Waals surface area contributed by atoms with Crippen molar-refractivity contribution in [2.45, 2.75) is 70.0 Å². The molecule has 3 aromatic rings. The normalized spacial score (nSPS) is 14.3. The van der Waals surface area contributed by atoms with Gasteiger partial charge in [0.15, 0.2) is 11.5 Å². The summed E-state index contributed by atoms with van der Waals surface area (Å²) in [6.45, 7) is 0.376. The highest BCUT2D eigenvalue weighted by atomic mass is 16.5. The Labute approximate surface area is 232 Å². The van der Waals surface area contributed by atoms with Crippen LogP contribution >= 0.6 is 0 Å². The molecule has 2 amide bonds. The van der Waals surface area contributed by atoms with E-state index in [1.807, 2.05) is 78.9 Å². The van der Waals surface area contributed by atoms with Gasteiger partial charge in [-0.15, -0.1) is 0 Å². The van der Waals surface area contributed by atoms with Gasteiger partial charge < -0.3 is 19.7 Å². The van der Waals surface area contributed by atoms with E-state index in [0.29, 0.717) is 30.9 Å². The van der Waals surface area contributed by atoms with Crippen LogP contribution in [0.3, 0.4) is 0 Å². The van der Waals surface area contributed by atoms with Gasteiger partial charge in [0.05, 0.1) is 14.2 Å². The zero-order chi connectivity index (χ0) is 27.5. The summed E-state index contributed by atoms with van der Waals surface area (Å²) >= 11 is 0. The number of rotatable bonds is 12. The number of hydrogen-bond donors (Lipinski definition) is 1. The summed E-state index contributed by atoms with van der Waals surface area (Å²) in [5, 5.41) is 3.30. The molecule has 0 bridgehead atoms. The van der Waals surface area contributed by atoms with E-state index in [1.165, 1.54) is 6.42 Å². The number of benzene rings is 3. The number of methoxy groups -OCH3 is 2. The third kappa shape index (κ3) is 8.09. The van der Waals surface area contributed by atoms with Crippen LogP contribution in [-0.2, 0) is 29.0 Å². The fourth-order valence-electron chi connectivity index (χ4n) is 5.31. The van der Waals surface area contributed by atoms with E-state index in [9.17, 15) is 9.59 Å². The summed E-state index contributed by atoms with van der Waals surface area (Å²) in [5.41, 5.74) is 3.01. The van der Waals surface area contributed by atoms with Gasteiger partial charge in [-0.3, -0.25) is 9.59 Å². The van der Waals surface area contributed by atoms with E-state index in [0.717, 1.165) is 42.4 Å². The topological polar surface area (TPSA) is 67.9 Å². The van der Waals surface area contributed by atoms with Crippen LogP contribution in [0.15, 0.2) is 78.9 Å². The van der Waals surface area contributed by atoms with Crippen molar-refractivity contribution in [2.75, 3.05) is 14.2 Å². The van der Waals surface area contributed by atoms with Gasteiger partial charge in [-0.2, -0.15) is 0 Å². The number of aryl methyl sites for hydroxylation is 1. The Morgan fingerprint density at radius 3 is 2.10 bits per heavy atom. The van der Waals surface area contributed by atoms with Crippen LogP contribution in [0, 0.1) is 0 Å². The highest BCUT2D eigenvalue weighted by molar-refractivity contribution is 5.88. The maximum atomic E-state index is 13.9. The van der Waals surface area contributed by atoms with E-state index in [-0.39, 0.29) is 24.3 Å². The lowest BCUT2D eigenvalue weighted by atomic mass is 9.94. The van der Waals surface area contributed by atoms with Crippen molar-refractivity contribution in [1.82, 2.24) is 10.2 Å². The fourth-order valence-corrected chi connectivity index (χ4v) is 5.31. The molecule has 3 aromatic carbocycles. The summed E-state index contributed by atoms with van der Waals surface area (Å²) in [7, 11) is 3.21. The molecule has 0 heterocycles. The zero-order valence-corrected chi connectivity index (χ0v) is 23.1. The molecule has 1 saturated carbocycles. The Morgan fingerprint density at radius 1 is 0.821 bits per heavy atom. The molecule has 0 saturated heterocycles. The zero-order valence-electron chi connectivity index (χ0n) is 23.1. The van der Waals surface area contributed by atoms with Crippen molar-refractivity contribution in [2.24, 2.45) is 0 Å². The first-order valence-electron chi connectivity index (χ1n) is 14.0.